The molecule has 0 aromatic carbocycles. The summed E-state index contributed by atoms with van der Waals surface area (Å²) < 4.78 is 47.5. The van der Waals surface area contributed by atoms with Gasteiger partial charge in [-0.1, -0.05) is 11.4 Å². The second-order valence-corrected chi connectivity index (χ2v) is 15.5. The molecule has 19 nitrogen and oxygen atoms in total. The van der Waals surface area contributed by atoms with E-state index in [4.69, 9.17) is 29.2 Å². The molecule has 3 heterocycles. The number of rotatable bonds is 15. The average Bonchev–Trinajstić information content (AvgIpc) is 3.49. The lowest BCUT2D eigenvalue weighted by Crippen LogP contribution is -2.45. The topological polar surface area (TPSA) is 258 Å². The standard InChI is InChI=1S/C26H42N7O12PS/c1-12(2)43-21(35)14(5)32-46(39,47-10-15(29-25(37)41-8)22(36)44-13(3)4)42-9-16-18(34)26(6,38)23(45-16)33-11-28-17-19(33)30-24(27)31-20(17)40-7/h11-16,18,23,34,38H,9-10H2,1-8H3,(H,29,37)(H,32,39)(H2,27,30,31)/t14-,15?,16-,18-,23?,26-,46-/m1/s1. The lowest BCUT2D eigenvalue weighted by molar-refractivity contribution is -0.150. The van der Waals surface area contributed by atoms with Crippen molar-refractivity contribution in [3.05, 3.63) is 6.33 Å². The number of aromatic nitrogens is 4. The molecule has 6 N–H and O–H groups in total. The van der Waals surface area contributed by atoms with E-state index in [-0.39, 0.29) is 28.7 Å². The Morgan fingerprint density at radius 2 is 1.79 bits per heavy atom. The molecule has 1 aliphatic rings. The molecule has 0 radical (unpaired) electrons. The number of ether oxygens (including phenoxy) is 5. The van der Waals surface area contributed by atoms with Crippen LogP contribution in [0.4, 0.5) is 10.7 Å². The molecule has 1 aliphatic heterocycles. The molecule has 7 atom stereocenters. The molecule has 1 fully saturated rings. The van der Waals surface area contributed by atoms with E-state index < -0.39 is 79.7 Å². The minimum atomic E-state index is -4.19. The van der Waals surface area contributed by atoms with Gasteiger partial charge in [0, 0.05) is 5.75 Å². The van der Waals surface area contributed by atoms with Gasteiger partial charge >= 0.3 is 24.8 Å². The van der Waals surface area contributed by atoms with Gasteiger partial charge < -0.3 is 49.5 Å². The van der Waals surface area contributed by atoms with Crippen LogP contribution in [-0.2, 0) is 37.6 Å². The van der Waals surface area contributed by atoms with Crippen LogP contribution < -0.4 is 20.9 Å². The van der Waals surface area contributed by atoms with Crippen molar-refractivity contribution in [1.29, 1.82) is 0 Å². The maximum absolute atomic E-state index is 14.2. The fourth-order valence-electron chi connectivity index (χ4n) is 4.36. The second-order valence-electron chi connectivity index (χ2n) is 11.2. The van der Waals surface area contributed by atoms with Crippen LogP contribution in [0.2, 0.25) is 0 Å². The Morgan fingerprint density at radius 3 is 2.38 bits per heavy atom. The lowest BCUT2D eigenvalue weighted by Gasteiger charge is -2.27. The predicted molar refractivity (Wildman–Crippen MR) is 167 cm³/mol. The zero-order chi connectivity index (χ0) is 35.3. The van der Waals surface area contributed by atoms with Gasteiger partial charge in [0.2, 0.25) is 11.8 Å². The smallest absolute Gasteiger partial charge is 0.407 e. The summed E-state index contributed by atoms with van der Waals surface area (Å²) in [5.41, 5.74) is 4.22. The van der Waals surface area contributed by atoms with Crippen molar-refractivity contribution in [2.75, 3.05) is 32.3 Å². The maximum Gasteiger partial charge on any atom is 0.407 e. The Kier molecular flexibility index (Phi) is 12.8. The first-order chi connectivity index (χ1) is 21.9. The normalized spacial score (nSPS) is 23.7. The number of nitrogens with two attached hydrogens (primary N) is 1. The van der Waals surface area contributed by atoms with Crippen LogP contribution in [0.1, 0.15) is 47.8 Å². The molecule has 0 saturated carbocycles. The molecule has 0 bridgehead atoms. The first kappa shape index (κ1) is 38.2. The number of fused-ring (bicyclic) bond motifs is 1. The minimum absolute atomic E-state index is 0.0794. The molecule has 1 saturated heterocycles. The summed E-state index contributed by atoms with van der Waals surface area (Å²) in [5, 5.41) is 27.4. The van der Waals surface area contributed by atoms with Crippen molar-refractivity contribution in [3.63, 3.8) is 0 Å². The summed E-state index contributed by atoms with van der Waals surface area (Å²) in [6.45, 7) is 4.44. The fraction of sp³-hybridized carbons (Fsp3) is 0.692. The number of aliphatic hydroxyl groups is 2. The Balaban J connectivity index is 1.86. The fourth-order valence-corrected chi connectivity index (χ4v) is 8.21. The first-order valence-corrected chi connectivity index (χ1v) is 17.7. The number of anilines is 1. The quantitative estimate of drug-likeness (QED) is 0.0978. The number of methoxy groups -OCH3 is 2. The third-order valence-corrected chi connectivity index (χ3v) is 10.7. The van der Waals surface area contributed by atoms with E-state index in [2.05, 4.69) is 30.1 Å². The largest absolute Gasteiger partial charge is 0.479 e. The van der Waals surface area contributed by atoms with Crippen molar-refractivity contribution in [3.8, 4) is 5.88 Å². The van der Waals surface area contributed by atoms with Gasteiger partial charge in [-0.05, 0) is 41.5 Å². The van der Waals surface area contributed by atoms with Crippen molar-refractivity contribution in [2.24, 2.45) is 0 Å². The number of imidazole rings is 1. The van der Waals surface area contributed by atoms with Crippen molar-refractivity contribution in [2.45, 2.75) is 89.9 Å². The summed E-state index contributed by atoms with van der Waals surface area (Å²) >= 11 is 0.579. The summed E-state index contributed by atoms with van der Waals surface area (Å²) in [4.78, 5) is 49.6. The van der Waals surface area contributed by atoms with E-state index in [0.29, 0.717) is 11.4 Å². The summed E-state index contributed by atoms with van der Waals surface area (Å²) in [7, 11) is 2.47. The number of nitrogens with zero attached hydrogens (tertiary/aromatic N) is 4. The van der Waals surface area contributed by atoms with Crippen LogP contribution >= 0.6 is 18.1 Å². The van der Waals surface area contributed by atoms with Gasteiger partial charge in [0.05, 0.1) is 39.4 Å². The molecule has 2 aromatic heterocycles. The number of esters is 2. The minimum Gasteiger partial charge on any atom is -0.479 e. The maximum atomic E-state index is 14.2. The van der Waals surface area contributed by atoms with Gasteiger partial charge in [-0.15, -0.1) is 0 Å². The Morgan fingerprint density at radius 1 is 1.15 bits per heavy atom. The van der Waals surface area contributed by atoms with E-state index in [1.54, 1.807) is 27.7 Å². The first-order valence-electron chi connectivity index (χ1n) is 14.4. The van der Waals surface area contributed by atoms with Crippen LogP contribution in [0.15, 0.2) is 6.33 Å². The molecule has 47 heavy (non-hydrogen) atoms. The molecule has 0 spiro atoms. The molecular weight excluding hydrogens is 665 g/mol. The van der Waals surface area contributed by atoms with Gasteiger partial charge in [-0.25, -0.2) is 19.7 Å². The van der Waals surface area contributed by atoms with Crippen LogP contribution in [0.25, 0.3) is 11.2 Å². The Hall–Kier alpha value is -3.26. The monoisotopic (exact) mass is 707 g/mol. The number of carbonyl (C=O) groups is 3. The van der Waals surface area contributed by atoms with Crippen molar-refractivity contribution >= 4 is 53.2 Å². The van der Waals surface area contributed by atoms with E-state index in [1.807, 2.05) is 0 Å². The molecule has 2 aromatic rings. The zero-order valence-corrected chi connectivity index (χ0v) is 28.9. The highest BCUT2D eigenvalue weighted by atomic mass is 32.7. The molecule has 3 rings (SSSR count). The molecule has 2 unspecified atom stereocenters. The molecule has 1 amide bonds. The van der Waals surface area contributed by atoms with Crippen LogP contribution in [0.3, 0.4) is 0 Å². The average molecular weight is 708 g/mol. The van der Waals surface area contributed by atoms with Gasteiger partial charge in [-0.3, -0.25) is 13.9 Å². The number of hydrogen-bond donors (Lipinski definition) is 5. The number of alkyl carbamates (subject to hydrolysis) is 1. The Labute approximate surface area is 274 Å². The van der Waals surface area contributed by atoms with Gasteiger partial charge in [0.1, 0.15) is 29.9 Å². The Bertz CT molecular complexity index is 1480. The molecule has 0 aliphatic carbocycles. The number of carbonyl (C=O) groups excluding carboxylic acids is 3. The van der Waals surface area contributed by atoms with E-state index in [1.165, 1.54) is 31.9 Å². The molecular formula is C26H42N7O12PS. The number of nitrogens with one attached hydrogen (secondary N) is 2. The van der Waals surface area contributed by atoms with E-state index in [9.17, 15) is 29.2 Å². The highest BCUT2D eigenvalue weighted by Gasteiger charge is 2.54. The highest BCUT2D eigenvalue weighted by Crippen LogP contribution is 2.57. The van der Waals surface area contributed by atoms with Crippen LogP contribution in [-0.4, -0.2) is 116 Å². The SMILES string of the molecule is COC(=O)NC(CS[P@@](=O)(N[C@H](C)C(=O)OC(C)C)OC[C@H]1OC(n2cnc3c(OC)nc(N)nc32)[C@](C)(O)[C@@H]1O)C(=O)OC(C)C. The third-order valence-electron chi connectivity index (χ3n) is 6.60. The predicted octanol–water partition coefficient (Wildman–Crippen LogP) is 0.890. The summed E-state index contributed by atoms with van der Waals surface area (Å²) in [5.74, 6) is -1.98. The second kappa shape index (κ2) is 15.8. The molecule has 264 valence electrons. The van der Waals surface area contributed by atoms with E-state index in [0.717, 1.165) is 7.11 Å². The van der Waals surface area contributed by atoms with Gasteiger partial charge in [-0.2, -0.15) is 9.97 Å². The summed E-state index contributed by atoms with van der Waals surface area (Å²) in [6, 6.07) is -2.49. The summed E-state index contributed by atoms with van der Waals surface area (Å²) in [6.07, 6.45) is -4.80. The van der Waals surface area contributed by atoms with Gasteiger partial charge in [0.25, 0.3) is 0 Å². The van der Waals surface area contributed by atoms with Gasteiger partial charge in [0.15, 0.2) is 17.4 Å². The number of hydrogen-bond acceptors (Lipinski definition) is 17. The van der Waals surface area contributed by atoms with Crippen molar-refractivity contribution in [1.82, 2.24) is 29.9 Å². The van der Waals surface area contributed by atoms with Crippen molar-refractivity contribution < 1.29 is 57.4 Å². The zero-order valence-electron chi connectivity index (χ0n) is 27.2. The lowest BCUT2D eigenvalue weighted by atomic mass is 9.96. The highest BCUT2D eigenvalue weighted by molar-refractivity contribution is 8.56. The third kappa shape index (κ3) is 9.43. The number of nitrogen functional groups attached to an aromatic ring is 1. The number of amides is 1. The number of aliphatic hydroxyl groups excluding tert-OH is 1. The van der Waals surface area contributed by atoms with E-state index >= 15 is 0 Å². The van der Waals surface area contributed by atoms with Crippen LogP contribution in [0.5, 0.6) is 5.88 Å². The molecule has 21 heteroatoms. The van der Waals surface area contributed by atoms with Crippen LogP contribution in [0, 0.1) is 0 Å².